The molecule has 5 nitrogen and oxygen atoms in total. The first-order valence-corrected chi connectivity index (χ1v) is 7.58. The zero-order chi connectivity index (χ0) is 16.6. The fourth-order valence-electron chi connectivity index (χ4n) is 2.38. The predicted octanol–water partition coefficient (Wildman–Crippen LogP) is 1.95. The van der Waals surface area contributed by atoms with E-state index in [4.69, 9.17) is 4.74 Å². The van der Waals surface area contributed by atoms with Gasteiger partial charge in [-0.3, -0.25) is 4.99 Å². The van der Waals surface area contributed by atoms with E-state index in [1.807, 2.05) is 12.1 Å². The lowest BCUT2D eigenvalue weighted by Gasteiger charge is -2.29. The Bertz CT molecular complexity index is 466. The maximum Gasteiger partial charge on any atom is 0.191 e. The molecule has 0 aromatic heterocycles. The summed E-state index contributed by atoms with van der Waals surface area (Å²) in [5.74, 6) is 1.69. The lowest BCUT2D eigenvalue weighted by Crippen LogP contribution is -2.44. The summed E-state index contributed by atoms with van der Waals surface area (Å²) in [7, 11) is 7.66. The normalized spacial score (nSPS) is 12.4. The topological polar surface area (TPSA) is 48.9 Å². The molecule has 0 aliphatic rings. The van der Waals surface area contributed by atoms with E-state index in [0.717, 1.165) is 31.3 Å². The van der Waals surface area contributed by atoms with Gasteiger partial charge in [0.2, 0.25) is 0 Å². The quantitative estimate of drug-likeness (QED) is 0.597. The van der Waals surface area contributed by atoms with E-state index < -0.39 is 0 Å². The first-order valence-electron chi connectivity index (χ1n) is 7.58. The van der Waals surface area contributed by atoms with E-state index in [2.05, 4.69) is 60.6 Å². The van der Waals surface area contributed by atoms with Crippen molar-refractivity contribution < 1.29 is 4.74 Å². The van der Waals surface area contributed by atoms with Crippen molar-refractivity contribution >= 4 is 5.96 Å². The minimum atomic E-state index is 0.182. The van der Waals surface area contributed by atoms with Gasteiger partial charge in [0.15, 0.2) is 5.96 Å². The molecule has 5 heteroatoms. The highest BCUT2D eigenvalue weighted by Gasteiger charge is 2.19. The van der Waals surface area contributed by atoms with Crippen molar-refractivity contribution in [2.24, 2.45) is 10.4 Å². The maximum absolute atomic E-state index is 5.16. The second-order valence-corrected chi connectivity index (χ2v) is 6.53. The summed E-state index contributed by atoms with van der Waals surface area (Å²) in [6, 6.07) is 8.03. The van der Waals surface area contributed by atoms with Gasteiger partial charge in [-0.2, -0.15) is 0 Å². The zero-order valence-corrected chi connectivity index (χ0v) is 14.7. The number of methoxy groups -OCH3 is 1. The summed E-state index contributed by atoms with van der Waals surface area (Å²) in [5.41, 5.74) is 1.37. The minimum absolute atomic E-state index is 0.182. The third kappa shape index (κ3) is 6.80. The zero-order valence-electron chi connectivity index (χ0n) is 14.7. The largest absolute Gasteiger partial charge is 0.497 e. The van der Waals surface area contributed by atoms with Crippen molar-refractivity contribution in [3.63, 3.8) is 0 Å². The van der Waals surface area contributed by atoms with Crippen molar-refractivity contribution in [1.29, 1.82) is 0 Å². The number of rotatable bonds is 7. The molecule has 0 bridgehead atoms. The minimum Gasteiger partial charge on any atom is -0.497 e. The molecule has 0 spiro atoms. The van der Waals surface area contributed by atoms with E-state index in [1.54, 1.807) is 14.2 Å². The number of nitrogens with one attached hydrogen (secondary N) is 2. The molecule has 1 aromatic rings. The first kappa shape index (κ1) is 18.3. The Labute approximate surface area is 134 Å². The number of hydrogen-bond acceptors (Lipinski definition) is 3. The van der Waals surface area contributed by atoms with E-state index in [1.165, 1.54) is 5.56 Å². The van der Waals surface area contributed by atoms with Crippen LogP contribution in [0.2, 0.25) is 0 Å². The summed E-state index contributed by atoms with van der Waals surface area (Å²) < 4.78 is 5.16. The molecule has 0 radical (unpaired) electrons. The van der Waals surface area contributed by atoms with Crippen LogP contribution in [0, 0.1) is 5.41 Å². The van der Waals surface area contributed by atoms with Gasteiger partial charge >= 0.3 is 0 Å². The van der Waals surface area contributed by atoms with Gasteiger partial charge in [-0.05, 0) is 37.2 Å². The molecule has 0 aliphatic heterocycles. The van der Waals surface area contributed by atoms with Crippen molar-refractivity contribution in [1.82, 2.24) is 15.5 Å². The van der Waals surface area contributed by atoms with Crippen molar-refractivity contribution in [2.75, 3.05) is 41.3 Å². The van der Waals surface area contributed by atoms with Gasteiger partial charge in [0.1, 0.15) is 5.75 Å². The molecular weight excluding hydrogens is 276 g/mol. The van der Waals surface area contributed by atoms with Crippen LogP contribution in [0.25, 0.3) is 0 Å². The van der Waals surface area contributed by atoms with Crippen LogP contribution in [-0.4, -0.2) is 52.2 Å². The van der Waals surface area contributed by atoms with E-state index in [9.17, 15) is 0 Å². The van der Waals surface area contributed by atoms with Crippen LogP contribution in [0.15, 0.2) is 29.3 Å². The van der Waals surface area contributed by atoms with Crippen LogP contribution >= 0.6 is 0 Å². The molecule has 0 saturated carbocycles. The standard InChI is InChI=1S/C17H30N4O/c1-17(2,13-21(4)5)12-20-16(18-3)19-11-14-7-9-15(22-6)10-8-14/h7-10H,11-13H2,1-6H3,(H2,18,19,20). The van der Waals surface area contributed by atoms with Crippen LogP contribution in [0.4, 0.5) is 0 Å². The van der Waals surface area contributed by atoms with Gasteiger partial charge in [0.25, 0.3) is 0 Å². The van der Waals surface area contributed by atoms with Gasteiger partial charge in [-0.25, -0.2) is 0 Å². The maximum atomic E-state index is 5.16. The lowest BCUT2D eigenvalue weighted by molar-refractivity contribution is 0.241. The fraction of sp³-hybridized carbons (Fsp3) is 0.588. The highest BCUT2D eigenvalue weighted by atomic mass is 16.5. The van der Waals surface area contributed by atoms with Crippen molar-refractivity contribution in [3.05, 3.63) is 29.8 Å². The van der Waals surface area contributed by atoms with E-state index in [0.29, 0.717) is 0 Å². The van der Waals surface area contributed by atoms with Crippen molar-refractivity contribution in [3.8, 4) is 5.75 Å². The molecule has 0 saturated heterocycles. The number of benzene rings is 1. The number of aliphatic imine (C=N–C) groups is 1. The number of nitrogens with zero attached hydrogens (tertiary/aromatic N) is 2. The molecule has 1 rings (SSSR count). The van der Waals surface area contributed by atoms with Crippen LogP contribution in [0.1, 0.15) is 19.4 Å². The molecule has 0 heterocycles. The summed E-state index contributed by atoms with van der Waals surface area (Å²) in [6.07, 6.45) is 0. The fourth-order valence-corrected chi connectivity index (χ4v) is 2.38. The molecule has 0 amide bonds. The van der Waals surface area contributed by atoms with Gasteiger partial charge < -0.3 is 20.3 Å². The third-order valence-corrected chi connectivity index (χ3v) is 3.32. The van der Waals surface area contributed by atoms with Gasteiger partial charge in [0, 0.05) is 26.7 Å². The van der Waals surface area contributed by atoms with Gasteiger partial charge in [-0.1, -0.05) is 26.0 Å². The molecule has 0 aliphatic carbocycles. The van der Waals surface area contributed by atoms with Gasteiger partial charge in [0.05, 0.1) is 7.11 Å². The first-order chi connectivity index (χ1) is 10.4. The average Bonchev–Trinajstić information content (AvgIpc) is 2.46. The van der Waals surface area contributed by atoms with Crippen LogP contribution < -0.4 is 15.4 Å². The summed E-state index contributed by atoms with van der Waals surface area (Å²) in [4.78, 5) is 6.48. The number of hydrogen-bond donors (Lipinski definition) is 2. The van der Waals surface area contributed by atoms with Crippen molar-refractivity contribution in [2.45, 2.75) is 20.4 Å². The monoisotopic (exact) mass is 306 g/mol. The average molecular weight is 306 g/mol. The lowest BCUT2D eigenvalue weighted by atomic mass is 9.93. The highest BCUT2D eigenvalue weighted by Crippen LogP contribution is 2.14. The Balaban J connectivity index is 2.45. The molecule has 1 aromatic carbocycles. The third-order valence-electron chi connectivity index (χ3n) is 3.32. The summed E-state index contributed by atoms with van der Waals surface area (Å²) in [6.45, 7) is 7.12. The number of guanidine groups is 1. The Hall–Kier alpha value is -1.75. The second-order valence-electron chi connectivity index (χ2n) is 6.53. The highest BCUT2D eigenvalue weighted by molar-refractivity contribution is 5.79. The number of ether oxygens (including phenoxy) is 1. The van der Waals surface area contributed by atoms with Crippen LogP contribution in [0.3, 0.4) is 0 Å². The molecule has 0 fully saturated rings. The molecule has 0 atom stereocenters. The smallest absolute Gasteiger partial charge is 0.191 e. The molecule has 124 valence electrons. The predicted molar refractivity (Wildman–Crippen MR) is 93.5 cm³/mol. The summed E-state index contributed by atoms with van der Waals surface area (Å²) >= 11 is 0. The Morgan fingerprint density at radius 3 is 2.32 bits per heavy atom. The van der Waals surface area contributed by atoms with Gasteiger partial charge in [-0.15, -0.1) is 0 Å². The molecule has 2 N–H and O–H groups in total. The van der Waals surface area contributed by atoms with E-state index in [-0.39, 0.29) is 5.41 Å². The molecule has 0 unspecified atom stereocenters. The Morgan fingerprint density at radius 2 is 1.82 bits per heavy atom. The van der Waals surface area contributed by atoms with Crippen LogP contribution in [0.5, 0.6) is 5.75 Å². The second kappa shape index (κ2) is 8.63. The Morgan fingerprint density at radius 1 is 1.18 bits per heavy atom. The molecular formula is C17H30N4O. The summed E-state index contributed by atoms with van der Waals surface area (Å²) in [5, 5.41) is 6.73. The van der Waals surface area contributed by atoms with Crippen LogP contribution in [-0.2, 0) is 6.54 Å². The Kier molecular flexibility index (Phi) is 7.18. The SMILES string of the molecule is CN=C(NCc1ccc(OC)cc1)NCC(C)(C)CN(C)C. The molecule has 22 heavy (non-hydrogen) atoms. The van der Waals surface area contributed by atoms with E-state index >= 15 is 0 Å².